The molecule has 0 aromatic rings. The van der Waals surface area contributed by atoms with Gasteiger partial charge in [-0.2, -0.15) is 5.26 Å². The molecule has 5 nitrogen and oxygen atoms in total. The smallest absolute Gasteiger partial charge is 0.302 e. The molecule has 0 radical (unpaired) electrons. The van der Waals surface area contributed by atoms with Gasteiger partial charge in [0.05, 0.1) is 0 Å². The van der Waals surface area contributed by atoms with E-state index < -0.39 is 0 Å². The van der Waals surface area contributed by atoms with E-state index in [4.69, 9.17) is 4.74 Å². The molecule has 23 heavy (non-hydrogen) atoms. The third-order valence-electron chi connectivity index (χ3n) is 5.20. The molecule has 5 heteroatoms. The molecular weight excluding hydrogens is 290 g/mol. The molecule has 3 aliphatic rings. The molecule has 2 aliphatic heterocycles. The van der Waals surface area contributed by atoms with Crippen LogP contribution in [0.5, 0.6) is 0 Å². The highest BCUT2D eigenvalue weighted by atomic mass is 16.5. The van der Waals surface area contributed by atoms with Crippen LogP contribution in [0.25, 0.3) is 0 Å². The Kier molecular flexibility index (Phi) is 4.72. The zero-order valence-electron chi connectivity index (χ0n) is 14.0. The zero-order valence-corrected chi connectivity index (χ0v) is 14.0. The summed E-state index contributed by atoms with van der Waals surface area (Å²) >= 11 is 0. The third kappa shape index (κ3) is 3.42. The van der Waals surface area contributed by atoms with Crippen molar-refractivity contribution in [1.82, 2.24) is 10.2 Å². The molecule has 0 unspecified atom stereocenters. The Morgan fingerprint density at radius 3 is 3.04 bits per heavy atom. The van der Waals surface area contributed by atoms with E-state index in [2.05, 4.69) is 24.5 Å². The van der Waals surface area contributed by atoms with E-state index >= 15 is 0 Å². The lowest BCUT2D eigenvalue weighted by atomic mass is 9.87. The van der Waals surface area contributed by atoms with Gasteiger partial charge in [-0.15, -0.1) is 0 Å². The topological polar surface area (TPSA) is 65.4 Å². The van der Waals surface area contributed by atoms with Crippen LogP contribution in [-0.2, 0) is 9.53 Å². The molecule has 1 aliphatic carbocycles. The zero-order chi connectivity index (χ0) is 16.4. The van der Waals surface area contributed by atoms with Gasteiger partial charge in [-0.25, -0.2) is 0 Å². The number of nitrogens with one attached hydrogen (secondary N) is 1. The van der Waals surface area contributed by atoms with Gasteiger partial charge in [0.25, 0.3) is 0 Å². The van der Waals surface area contributed by atoms with Crippen LogP contribution in [0.1, 0.15) is 46.0 Å². The highest BCUT2D eigenvalue weighted by Gasteiger charge is 2.36. The Balaban J connectivity index is 1.67. The molecule has 1 fully saturated rings. The van der Waals surface area contributed by atoms with Crippen LogP contribution in [-0.4, -0.2) is 36.1 Å². The van der Waals surface area contributed by atoms with Crippen molar-refractivity contribution in [2.24, 2.45) is 5.92 Å². The van der Waals surface area contributed by atoms with Crippen LogP contribution in [0.2, 0.25) is 0 Å². The maximum absolute atomic E-state index is 11.1. The Bertz CT molecular complexity index is 588. The summed E-state index contributed by atoms with van der Waals surface area (Å²) in [5.74, 6) is 0.196. The number of hydrogen-bond acceptors (Lipinski definition) is 5. The van der Waals surface area contributed by atoms with Crippen molar-refractivity contribution in [3.05, 3.63) is 22.9 Å². The molecule has 1 N–H and O–H groups in total. The van der Waals surface area contributed by atoms with Crippen molar-refractivity contribution in [2.45, 2.75) is 58.1 Å². The minimum atomic E-state index is -0.207. The van der Waals surface area contributed by atoms with Gasteiger partial charge in [0.1, 0.15) is 6.10 Å². The van der Waals surface area contributed by atoms with Crippen molar-refractivity contribution in [2.75, 3.05) is 13.1 Å². The van der Waals surface area contributed by atoms with E-state index in [9.17, 15) is 10.1 Å². The fraction of sp³-hybridized carbons (Fsp3) is 0.667. The minimum absolute atomic E-state index is 0.00692. The van der Waals surface area contributed by atoms with Crippen molar-refractivity contribution < 1.29 is 9.53 Å². The molecule has 0 aromatic heterocycles. The van der Waals surface area contributed by atoms with Crippen LogP contribution >= 0.6 is 0 Å². The lowest BCUT2D eigenvalue weighted by Gasteiger charge is -2.20. The highest BCUT2D eigenvalue weighted by Crippen LogP contribution is 2.40. The number of rotatable bonds is 4. The first-order valence-electron chi connectivity index (χ1n) is 8.61. The number of allylic oxidation sites excluding steroid dienone is 3. The summed E-state index contributed by atoms with van der Waals surface area (Å²) < 4.78 is 5.30. The van der Waals surface area contributed by atoms with Crippen molar-refractivity contribution in [3.63, 3.8) is 0 Å². The van der Waals surface area contributed by atoms with Crippen LogP contribution in [0, 0.1) is 17.4 Å². The second-order valence-electron chi connectivity index (χ2n) is 6.77. The summed E-state index contributed by atoms with van der Waals surface area (Å²) in [5, 5.41) is 12.9. The second kappa shape index (κ2) is 6.76. The van der Waals surface area contributed by atoms with Gasteiger partial charge in [-0.3, -0.25) is 9.69 Å². The molecule has 0 spiro atoms. The third-order valence-corrected chi connectivity index (χ3v) is 5.20. The summed E-state index contributed by atoms with van der Waals surface area (Å²) in [4.78, 5) is 13.0. The average Bonchev–Trinajstić information content (AvgIpc) is 3.11. The molecule has 0 amide bonds. The van der Waals surface area contributed by atoms with Gasteiger partial charge in [0.15, 0.2) is 6.19 Å². The largest absolute Gasteiger partial charge is 0.461 e. The maximum atomic E-state index is 11.1. The van der Waals surface area contributed by atoms with Crippen LogP contribution in [0.3, 0.4) is 0 Å². The lowest BCUT2D eigenvalue weighted by molar-refractivity contribution is -0.145. The number of hydrogen-bond donors (Lipinski definition) is 1. The Hall–Kier alpha value is -1.80. The predicted molar refractivity (Wildman–Crippen MR) is 87.0 cm³/mol. The van der Waals surface area contributed by atoms with Gasteiger partial charge in [-0.1, -0.05) is 18.6 Å². The van der Waals surface area contributed by atoms with Crippen LogP contribution < -0.4 is 5.32 Å². The van der Waals surface area contributed by atoms with E-state index in [0.717, 1.165) is 45.2 Å². The molecule has 3 rings (SSSR count). The Labute approximate surface area is 138 Å². The maximum Gasteiger partial charge on any atom is 0.302 e. The van der Waals surface area contributed by atoms with Gasteiger partial charge >= 0.3 is 5.97 Å². The highest BCUT2D eigenvalue weighted by molar-refractivity contribution is 5.66. The quantitative estimate of drug-likeness (QED) is 0.638. The van der Waals surface area contributed by atoms with E-state index in [-0.39, 0.29) is 12.1 Å². The first-order chi connectivity index (χ1) is 11.1. The number of ether oxygens (including phenoxy) is 1. The number of nitriles is 1. The number of carbonyl (C=O) groups is 1. The minimum Gasteiger partial charge on any atom is -0.461 e. The summed E-state index contributed by atoms with van der Waals surface area (Å²) in [6, 6.07) is 0.358. The van der Waals surface area contributed by atoms with Gasteiger partial charge in [-0.05, 0) is 31.3 Å². The van der Waals surface area contributed by atoms with Crippen LogP contribution in [0.4, 0.5) is 0 Å². The summed E-state index contributed by atoms with van der Waals surface area (Å²) in [5.41, 5.74) is 4.09. The number of carbonyl (C=O) groups excluding carboxylic acids is 1. The number of esters is 1. The molecule has 2 heterocycles. The standard InChI is InChI=1S/C18H25N3O2/c1-3-13-4-5-18-17(6-13)14(10-21(18)11-19)7-15-8-16(9-20-15)23-12(2)22/h6,14-16,20H,3-5,7-10H2,1-2H3/t14-,15+,16-/m0/s1. The predicted octanol–water partition coefficient (Wildman–Crippen LogP) is 2.47. The fourth-order valence-electron chi connectivity index (χ4n) is 4.08. The van der Waals surface area contributed by atoms with E-state index in [0.29, 0.717) is 12.0 Å². The first kappa shape index (κ1) is 16.1. The van der Waals surface area contributed by atoms with Gasteiger partial charge in [0, 0.05) is 44.1 Å². The Morgan fingerprint density at radius 1 is 1.52 bits per heavy atom. The SMILES string of the molecule is CCC1=CC2=C(CC1)N(C#N)C[C@@H]2C[C@@H]1C[C@H](OC(C)=O)CN1. The molecule has 1 saturated heterocycles. The summed E-state index contributed by atoms with van der Waals surface area (Å²) in [6.07, 6.45) is 9.70. The van der Waals surface area contributed by atoms with E-state index in [1.807, 2.05) is 4.90 Å². The van der Waals surface area contributed by atoms with Gasteiger partial charge < -0.3 is 10.1 Å². The molecule has 0 bridgehead atoms. The van der Waals surface area contributed by atoms with Crippen molar-refractivity contribution in [3.8, 4) is 6.19 Å². The first-order valence-corrected chi connectivity index (χ1v) is 8.61. The summed E-state index contributed by atoms with van der Waals surface area (Å²) in [7, 11) is 0. The van der Waals surface area contributed by atoms with Gasteiger partial charge in [0.2, 0.25) is 0 Å². The second-order valence-corrected chi connectivity index (χ2v) is 6.77. The van der Waals surface area contributed by atoms with Crippen molar-refractivity contribution >= 4 is 5.97 Å². The van der Waals surface area contributed by atoms with E-state index in [1.165, 1.54) is 23.8 Å². The number of nitrogens with zero attached hydrogens (tertiary/aromatic N) is 2. The van der Waals surface area contributed by atoms with Crippen molar-refractivity contribution in [1.29, 1.82) is 5.26 Å². The molecule has 3 atom stereocenters. The fourth-order valence-corrected chi connectivity index (χ4v) is 4.08. The molecule has 0 saturated carbocycles. The molecule has 0 aromatic carbocycles. The Morgan fingerprint density at radius 2 is 2.35 bits per heavy atom. The lowest BCUT2D eigenvalue weighted by Crippen LogP contribution is -2.26. The normalized spacial score (nSPS) is 30.0. The average molecular weight is 315 g/mol. The molecule has 124 valence electrons. The monoisotopic (exact) mass is 315 g/mol. The van der Waals surface area contributed by atoms with E-state index in [1.54, 1.807) is 0 Å². The molecular formula is C18H25N3O2. The van der Waals surface area contributed by atoms with Crippen LogP contribution in [0.15, 0.2) is 22.9 Å². The summed E-state index contributed by atoms with van der Waals surface area (Å²) in [6.45, 7) is 5.20.